The Morgan fingerprint density at radius 3 is 2.35 bits per heavy atom. The first-order chi connectivity index (χ1) is 12.3. The van der Waals surface area contributed by atoms with Crippen LogP contribution in [0.5, 0.6) is 11.5 Å². The molecule has 1 aliphatic rings. The van der Waals surface area contributed by atoms with E-state index >= 15 is 0 Å². The molecule has 2 aromatic rings. The van der Waals surface area contributed by atoms with Gasteiger partial charge in [-0.05, 0) is 49.1 Å². The standard InChI is InChI=1S/C20H25NO4S/c1-14-6-5-7-16(8-14)13-26(22,23)21-12-18-11-20(25-4)19(24-3)10-17(18)9-15(21)2/h5-8,10-11,15H,9,12-13H2,1-4H3. The first-order valence-electron chi connectivity index (χ1n) is 8.63. The molecule has 0 N–H and O–H groups in total. The number of hydrogen-bond acceptors (Lipinski definition) is 4. The van der Waals surface area contributed by atoms with Crippen LogP contribution in [0.1, 0.15) is 29.2 Å². The SMILES string of the molecule is COc1cc2c(cc1OC)CN(S(=O)(=O)Cc1cccc(C)c1)C(C)C2. The number of hydrogen-bond donors (Lipinski definition) is 0. The second-order valence-corrected chi connectivity index (χ2v) is 8.74. The average molecular weight is 375 g/mol. The number of sulfonamides is 1. The second-order valence-electron chi connectivity index (χ2n) is 6.82. The van der Waals surface area contributed by atoms with Crippen molar-refractivity contribution in [3.63, 3.8) is 0 Å². The van der Waals surface area contributed by atoms with E-state index in [9.17, 15) is 8.42 Å². The molecule has 26 heavy (non-hydrogen) atoms. The van der Waals surface area contributed by atoms with Crippen LogP contribution in [0.4, 0.5) is 0 Å². The zero-order valence-electron chi connectivity index (χ0n) is 15.7. The lowest BCUT2D eigenvalue weighted by Gasteiger charge is -2.34. The molecule has 2 aromatic carbocycles. The Hall–Kier alpha value is -2.05. The molecule has 6 heteroatoms. The van der Waals surface area contributed by atoms with Crippen molar-refractivity contribution in [2.75, 3.05) is 14.2 Å². The lowest BCUT2D eigenvalue weighted by Crippen LogP contribution is -2.43. The number of rotatable bonds is 5. The van der Waals surface area contributed by atoms with Crippen LogP contribution < -0.4 is 9.47 Å². The van der Waals surface area contributed by atoms with E-state index in [0.717, 1.165) is 22.3 Å². The Morgan fingerprint density at radius 2 is 1.73 bits per heavy atom. The van der Waals surface area contributed by atoms with Gasteiger partial charge in [0, 0.05) is 12.6 Å². The highest BCUT2D eigenvalue weighted by Crippen LogP contribution is 2.35. The van der Waals surface area contributed by atoms with Gasteiger partial charge in [0.15, 0.2) is 11.5 Å². The maximum absolute atomic E-state index is 13.0. The summed E-state index contributed by atoms with van der Waals surface area (Å²) in [6, 6.07) is 11.4. The maximum Gasteiger partial charge on any atom is 0.218 e. The summed E-state index contributed by atoms with van der Waals surface area (Å²) in [5.74, 6) is 1.31. The van der Waals surface area contributed by atoms with Crippen molar-refractivity contribution in [3.05, 3.63) is 58.7 Å². The predicted octanol–water partition coefficient (Wildman–Crippen LogP) is 3.29. The molecule has 0 radical (unpaired) electrons. The van der Waals surface area contributed by atoms with Gasteiger partial charge in [0.25, 0.3) is 0 Å². The van der Waals surface area contributed by atoms with Crippen LogP contribution in [0.2, 0.25) is 0 Å². The van der Waals surface area contributed by atoms with Crippen molar-refractivity contribution >= 4 is 10.0 Å². The molecule has 0 saturated heterocycles. The van der Waals surface area contributed by atoms with Crippen molar-refractivity contribution in [1.82, 2.24) is 4.31 Å². The highest BCUT2D eigenvalue weighted by Gasteiger charge is 2.33. The average Bonchev–Trinajstić information content (AvgIpc) is 2.59. The molecule has 1 heterocycles. The number of benzene rings is 2. The van der Waals surface area contributed by atoms with Crippen molar-refractivity contribution in [1.29, 1.82) is 0 Å². The molecule has 1 atom stereocenters. The summed E-state index contributed by atoms with van der Waals surface area (Å²) in [6.07, 6.45) is 0.655. The third-order valence-electron chi connectivity index (χ3n) is 4.83. The smallest absolute Gasteiger partial charge is 0.218 e. The summed E-state index contributed by atoms with van der Waals surface area (Å²) < 4.78 is 38.4. The van der Waals surface area contributed by atoms with Crippen LogP contribution in [0.15, 0.2) is 36.4 Å². The number of nitrogens with zero attached hydrogens (tertiary/aromatic N) is 1. The van der Waals surface area contributed by atoms with Crippen molar-refractivity contribution in [2.45, 2.75) is 38.6 Å². The second kappa shape index (κ2) is 7.29. The molecular formula is C20H25NO4S. The molecule has 0 aromatic heterocycles. The van der Waals surface area contributed by atoms with Crippen LogP contribution in [0.25, 0.3) is 0 Å². The highest BCUT2D eigenvalue weighted by molar-refractivity contribution is 7.88. The minimum Gasteiger partial charge on any atom is -0.493 e. The zero-order valence-corrected chi connectivity index (χ0v) is 16.5. The molecule has 140 valence electrons. The summed E-state index contributed by atoms with van der Waals surface area (Å²) in [5.41, 5.74) is 3.95. The van der Waals surface area contributed by atoms with Gasteiger partial charge in [0.05, 0.1) is 20.0 Å². The van der Waals surface area contributed by atoms with Gasteiger partial charge in [0.2, 0.25) is 10.0 Å². The first kappa shape index (κ1) is 18.7. The fourth-order valence-electron chi connectivity index (χ4n) is 3.51. The van der Waals surface area contributed by atoms with Gasteiger partial charge in [-0.2, -0.15) is 4.31 Å². The van der Waals surface area contributed by atoms with E-state index in [4.69, 9.17) is 9.47 Å². The molecule has 0 fully saturated rings. The van der Waals surface area contributed by atoms with E-state index in [0.29, 0.717) is 24.5 Å². The summed E-state index contributed by atoms with van der Waals surface area (Å²) in [7, 11) is -0.228. The minimum absolute atomic E-state index is 0.0155. The van der Waals surface area contributed by atoms with E-state index in [1.54, 1.807) is 18.5 Å². The predicted molar refractivity (Wildman–Crippen MR) is 102 cm³/mol. The molecule has 1 unspecified atom stereocenters. The number of methoxy groups -OCH3 is 2. The molecule has 0 bridgehead atoms. The van der Waals surface area contributed by atoms with E-state index in [1.807, 2.05) is 50.2 Å². The quantitative estimate of drug-likeness (QED) is 0.805. The van der Waals surface area contributed by atoms with Gasteiger partial charge in [-0.1, -0.05) is 29.8 Å². The molecule has 0 aliphatic carbocycles. The van der Waals surface area contributed by atoms with Gasteiger partial charge >= 0.3 is 0 Å². The zero-order chi connectivity index (χ0) is 18.9. The number of ether oxygens (including phenoxy) is 2. The van der Waals surface area contributed by atoms with Crippen molar-refractivity contribution in [3.8, 4) is 11.5 Å². The van der Waals surface area contributed by atoms with Crippen molar-refractivity contribution in [2.24, 2.45) is 0 Å². The first-order valence-corrected chi connectivity index (χ1v) is 10.2. The van der Waals surface area contributed by atoms with E-state index in [2.05, 4.69) is 0 Å². The van der Waals surface area contributed by atoms with E-state index in [-0.39, 0.29) is 11.8 Å². The summed E-state index contributed by atoms with van der Waals surface area (Å²) in [6.45, 7) is 4.27. The Labute approximate surface area is 155 Å². The van der Waals surface area contributed by atoms with Gasteiger partial charge in [-0.25, -0.2) is 8.42 Å². The molecule has 0 amide bonds. The summed E-state index contributed by atoms with van der Waals surface area (Å²) >= 11 is 0. The molecule has 5 nitrogen and oxygen atoms in total. The van der Waals surface area contributed by atoms with Gasteiger partial charge in [0.1, 0.15) is 0 Å². The van der Waals surface area contributed by atoms with E-state index < -0.39 is 10.0 Å². The Morgan fingerprint density at radius 1 is 1.08 bits per heavy atom. The molecule has 3 rings (SSSR count). The van der Waals surface area contributed by atoms with Crippen LogP contribution >= 0.6 is 0 Å². The summed E-state index contributed by atoms with van der Waals surface area (Å²) in [5, 5.41) is 0. The molecular weight excluding hydrogens is 350 g/mol. The molecule has 0 spiro atoms. The molecule has 0 saturated carbocycles. The minimum atomic E-state index is -3.42. The Balaban J connectivity index is 1.90. The lowest BCUT2D eigenvalue weighted by molar-refractivity contribution is 0.304. The topological polar surface area (TPSA) is 55.8 Å². The van der Waals surface area contributed by atoms with Crippen LogP contribution in [0, 0.1) is 6.92 Å². The third-order valence-corrected chi connectivity index (χ3v) is 6.73. The maximum atomic E-state index is 13.0. The Bertz CT molecular complexity index is 908. The van der Waals surface area contributed by atoms with Crippen molar-refractivity contribution < 1.29 is 17.9 Å². The normalized spacial score (nSPS) is 17.6. The van der Waals surface area contributed by atoms with E-state index in [1.165, 1.54) is 0 Å². The lowest BCUT2D eigenvalue weighted by atomic mass is 9.96. The van der Waals surface area contributed by atoms with Gasteiger partial charge < -0.3 is 9.47 Å². The third kappa shape index (κ3) is 3.71. The monoisotopic (exact) mass is 375 g/mol. The van der Waals surface area contributed by atoms with Crippen LogP contribution in [-0.2, 0) is 28.7 Å². The number of aryl methyl sites for hydroxylation is 1. The summed E-state index contributed by atoms with van der Waals surface area (Å²) in [4.78, 5) is 0. The number of fused-ring (bicyclic) bond motifs is 1. The Kier molecular flexibility index (Phi) is 5.25. The molecule has 1 aliphatic heterocycles. The van der Waals surface area contributed by atoms with Gasteiger partial charge in [-0.3, -0.25) is 0 Å². The van der Waals surface area contributed by atoms with Crippen LogP contribution in [0.3, 0.4) is 0 Å². The largest absolute Gasteiger partial charge is 0.493 e. The fraction of sp³-hybridized carbons (Fsp3) is 0.400. The van der Waals surface area contributed by atoms with Gasteiger partial charge in [-0.15, -0.1) is 0 Å². The van der Waals surface area contributed by atoms with Crippen LogP contribution in [-0.4, -0.2) is 33.0 Å². The highest BCUT2D eigenvalue weighted by atomic mass is 32.2. The fourth-order valence-corrected chi connectivity index (χ4v) is 5.24.